The van der Waals surface area contributed by atoms with Crippen LogP contribution in [0.1, 0.15) is 12.0 Å². The van der Waals surface area contributed by atoms with E-state index < -0.39 is 4.92 Å². The van der Waals surface area contributed by atoms with E-state index in [4.69, 9.17) is 9.47 Å². The van der Waals surface area contributed by atoms with Crippen molar-refractivity contribution in [1.82, 2.24) is 0 Å². The molecule has 0 saturated heterocycles. The van der Waals surface area contributed by atoms with Crippen molar-refractivity contribution in [2.75, 3.05) is 11.9 Å². The Morgan fingerprint density at radius 3 is 2.31 bits per heavy atom. The lowest BCUT2D eigenvalue weighted by molar-refractivity contribution is -0.385. The number of carbonyl (C=O) groups excluding carboxylic acids is 1. The predicted octanol–water partition coefficient (Wildman–Crippen LogP) is 4.58. The number of nitro benzene ring substituents is 1. The number of rotatable bonds is 9. The number of nitrogens with one attached hydrogen (secondary N) is 1. The molecule has 7 nitrogen and oxygen atoms in total. The van der Waals surface area contributed by atoms with Gasteiger partial charge in [-0.1, -0.05) is 42.5 Å². The van der Waals surface area contributed by atoms with Gasteiger partial charge in [0.2, 0.25) is 5.91 Å². The Morgan fingerprint density at radius 2 is 1.59 bits per heavy atom. The molecule has 0 radical (unpaired) electrons. The number of carbonyl (C=O) groups is 1. The number of amides is 1. The molecule has 0 saturated carbocycles. The first-order valence-electron chi connectivity index (χ1n) is 9.04. The lowest BCUT2D eigenvalue weighted by Crippen LogP contribution is -2.15. The average molecular weight is 392 g/mol. The first-order valence-corrected chi connectivity index (χ1v) is 9.04. The topological polar surface area (TPSA) is 90.7 Å². The molecule has 0 heterocycles. The van der Waals surface area contributed by atoms with E-state index in [1.165, 1.54) is 12.1 Å². The van der Waals surface area contributed by atoms with Gasteiger partial charge in [0.25, 0.3) is 0 Å². The number of hydrogen-bond acceptors (Lipinski definition) is 5. The van der Waals surface area contributed by atoms with Crippen molar-refractivity contribution < 1.29 is 19.2 Å². The third kappa shape index (κ3) is 6.07. The first-order chi connectivity index (χ1) is 14.1. The number of benzene rings is 3. The van der Waals surface area contributed by atoms with Crippen LogP contribution in [0.15, 0.2) is 78.9 Å². The Hall–Kier alpha value is -3.87. The molecule has 0 spiro atoms. The van der Waals surface area contributed by atoms with Crippen molar-refractivity contribution in [3.8, 4) is 11.5 Å². The van der Waals surface area contributed by atoms with E-state index in [0.717, 1.165) is 5.56 Å². The van der Waals surface area contributed by atoms with Crippen molar-refractivity contribution in [3.63, 3.8) is 0 Å². The first kappa shape index (κ1) is 19.9. The third-order valence-corrected chi connectivity index (χ3v) is 4.04. The molecule has 148 valence electrons. The number of anilines is 1. The summed E-state index contributed by atoms with van der Waals surface area (Å²) >= 11 is 0. The standard InChI is InChI=1S/C22H20N2O5/c25-22(14-15-28-21-9-5-4-8-20(21)24(26)27)23-18-10-12-19(13-11-18)29-16-17-6-2-1-3-7-17/h1-13H,14-16H2,(H,23,25). The second kappa shape index (κ2) is 9.89. The Morgan fingerprint density at radius 1 is 0.897 bits per heavy atom. The molecule has 0 bridgehead atoms. The van der Waals surface area contributed by atoms with Crippen molar-refractivity contribution in [3.05, 3.63) is 94.5 Å². The minimum absolute atomic E-state index is 0.0367. The van der Waals surface area contributed by atoms with Crippen LogP contribution in [-0.4, -0.2) is 17.4 Å². The molecule has 0 atom stereocenters. The van der Waals surface area contributed by atoms with Gasteiger partial charge in [0.05, 0.1) is 18.0 Å². The van der Waals surface area contributed by atoms with Crippen LogP contribution in [0.4, 0.5) is 11.4 Å². The fraction of sp³-hybridized carbons (Fsp3) is 0.136. The van der Waals surface area contributed by atoms with Gasteiger partial charge in [0.1, 0.15) is 12.4 Å². The van der Waals surface area contributed by atoms with Crippen molar-refractivity contribution in [2.45, 2.75) is 13.0 Å². The Bertz CT molecular complexity index is 958. The molecule has 0 aromatic heterocycles. The van der Waals surface area contributed by atoms with Gasteiger partial charge in [0, 0.05) is 11.8 Å². The van der Waals surface area contributed by atoms with Crippen molar-refractivity contribution in [2.24, 2.45) is 0 Å². The third-order valence-electron chi connectivity index (χ3n) is 4.04. The predicted molar refractivity (Wildman–Crippen MR) is 109 cm³/mol. The van der Waals surface area contributed by atoms with Crippen LogP contribution < -0.4 is 14.8 Å². The lowest BCUT2D eigenvalue weighted by atomic mass is 10.2. The highest BCUT2D eigenvalue weighted by Crippen LogP contribution is 2.25. The zero-order valence-corrected chi connectivity index (χ0v) is 15.6. The van der Waals surface area contributed by atoms with E-state index in [1.54, 1.807) is 36.4 Å². The van der Waals surface area contributed by atoms with Crippen LogP contribution in [0.25, 0.3) is 0 Å². The summed E-state index contributed by atoms with van der Waals surface area (Å²) in [4.78, 5) is 22.5. The highest BCUT2D eigenvalue weighted by molar-refractivity contribution is 5.90. The number of nitro groups is 1. The number of nitrogens with zero attached hydrogens (tertiary/aromatic N) is 1. The molecule has 1 amide bonds. The minimum Gasteiger partial charge on any atom is -0.489 e. The van der Waals surface area contributed by atoms with Crippen LogP contribution in [0, 0.1) is 10.1 Å². The zero-order valence-electron chi connectivity index (χ0n) is 15.6. The Balaban J connectivity index is 1.44. The molecule has 29 heavy (non-hydrogen) atoms. The van der Waals surface area contributed by atoms with Gasteiger partial charge in [-0.3, -0.25) is 14.9 Å². The van der Waals surface area contributed by atoms with Crippen molar-refractivity contribution >= 4 is 17.3 Å². The van der Waals surface area contributed by atoms with Crippen LogP contribution in [0.2, 0.25) is 0 Å². The summed E-state index contributed by atoms with van der Waals surface area (Å²) in [5, 5.41) is 13.7. The monoisotopic (exact) mass is 392 g/mol. The van der Waals surface area contributed by atoms with E-state index >= 15 is 0 Å². The summed E-state index contributed by atoms with van der Waals surface area (Å²) in [5.74, 6) is 0.596. The van der Waals surface area contributed by atoms with Gasteiger partial charge in [0.15, 0.2) is 5.75 Å². The molecule has 7 heteroatoms. The number of ether oxygens (including phenoxy) is 2. The largest absolute Gasteiger partial charge is 0.489 e. The smallest absolute Gasteiger partial charge is 0.310 e. The maximum absolute atomic E-state index is 12.1. The molecule has 0 fully saturated rings. The van der Waals surface area contributed by atoms with E-state index in [9.17, 15) is 14.9 Å². The fourth-order valence-corrected chi connectivity index (χ4v) is 2.58. The summed E-state index contributed by atoms with van der Waals surface area (Å²) in [5.41, 5.74) is 1.58. The van der Waals surface area contributed by atoms with E-state index in [2.05, 4.69) is 5.32 Å². The number of para-hydroxylation sites is 2. The molecule has 1 N–H and O–H groups in total. The van der Waals surface area contributed by atoms with Gasteiger partial charge >= 0.3 is 5.69 Å². The van der Waals surface area contributed by atoms with Gasteiger partial charge in [-0.2, -0.15) is 0 Å². The van der Waals surface area contributed by atoms with Crippen LogP contribution in [0.3, 0.4) is 0 Å². The fourth-order valence-electron chi connectivity index (χ4n) is 2.58. The Kier molecular flexibility index (Phi) is 6.78. The van der Waals surface area contributed by atoms with Crippen LogP contribution >= 0.6 is 0 Å². The van der Waals surface area contributed by atoms with E-state index in [0.29, 0.717) is 18.0 Å². The molecule has 3 aromatic rings. The molecule has 0 unspecified atom stereocenters. The maximum atomic E-state index is 12.1. The number of hydrogen-bond donors (Lipinski definition) is 1. The summed E-state index contributed by atoms with van der Waals surface area (Å²) in [6.45, 7) is 0.504. The lowest BCUT2D eigenvalue weighted by Gasteiger charge is -2.09. The zero-order chi connectivity index (χ0) is 20.5. The molecule has 0 aliphatic carbocycles. The Labute approximate surface area is 168 Å². The molecule has 0 aliphatic rings. The van der Waals surface area contributed by atoms with E-state index in [1.807, 2.05) is 30.3 Å². The van der Waals surface area contributed by atoms with E-state index in [-0.39, 0.29) is 30.4 Å². The molecule has 3 aromatic carbocycles. The summed E-state index contributed by atoms with van der Waals surface area (Å²) in [7, 11) is 0. The molecule has 3 rings (SSSR count). The van der Waals surface area contributed by atoms with Gasteiger partial charge in [-0.15, -0.1) is 0 Å². The summed E-state index contributed by atoms with van der Waals surface area (Å²) in [6.07, 6.45) is 0.0678. The SMILES string of the molecule is O=C(CCOc1ccccc1[N+](=O)[O-])Nc1ccc(OCc2ccccc2)cc1. The normalized spacial score (nSPS) is 10.2. The molecule has 0 aliphatic heterocycles. The second-order valence-corrected chi connectivity index (χ2v) is 6.17. The van der Waals surface area contributed by atoms with Crippen LogP contribution in [0.5, 0.6) is 11.5 Å². The quantitative estimate of drug-likeness (QED) is 0.425. The second-order valence-electron chi connectivity index (χ2n) is 6.17. The molecular formula is C22H20N2O5. The van der Waals surface area contributed by atoms with Gasteiger partial charge in [-0.25, -0.2) is 0 Å². The minimum atomic E-state index is -0.517. The van der Waals surface area contributed by atoms with Crippen molar-refractivity contribution in [1.29, 1.82) is 0 Å². The average Bonchev–Trinajstić information content (AvgIpc) is 2.74. The summed E-state index contributed by atoms with van der Waals surface area (Å²) < 4.78 is 11.1. The maximum Gasteiger partial charge on any atom is 0.310 e. The van der Waals surface area contributed by atoms with Gasteiger partial charge < -0.3 is 14.8 Å². The summed E-state index contributed by atoms with van der Waals surface area (Å²) in [6, 6.07) is 23.0. The van der Waals surface area contributed by atoms with Crippen LogP contribution in [-0.2, 0) is 11.4 Å². The highest BCUT2D eigenvalue weighted by atomic mass is 16.6. The van der Waals surface area contributed by atoms with Gasteiger partial charge in [-0.05, 0) is 35.9 Å². The highest BCUT2D eigenvalue weighted by Gasteiger charge is 2.14. The molecular weight excluding hydrogens is 372 g/mol.